The lowest BCUT2D eigenvalue weighted by Crippen LogP contribution is -2.07. The van der Waals surface area contributed by atoms with E-state index < -0.39 is 0 Å². The van der Waals surface area contributed by atoms with Crippen molar-refractivity contribution in [3.63, 3.8) is 0 Å². The fraction of sp³-hybridized carbons (Fsp3) is 0.400. The number of imidazole rings is 1. The largest absolute Gasteiger partial charge is 0.394 e. The molecule has 2 aromatic heterocycles. The molecule has 0 saturated heterocycles. The van der Waals surface area contributed by atoms with E-state index in [4.69, 9.17) is 5.73 Å². The van der Waals surface area contributed by atoms with Gasteiger partial charge in [-0.05, 0) is 6.92 Å². The molecule has 2 heterocycles. The third-order valence-corrected chi connectivity index (χ3v) is 2.50. The van der Waals surface area contributed by atoms with E-state index in [1.165, 1.54) is 0 Å². The highest BCUT2D eigenvalue weighted by atomic mass is 15.3. The molecule has 15 heavy (non-hydrogen) atoms. The first-order valence-corrected chi connectivity index (χ1v) is 4.96. The fourth-order valence-electron chi connectivity index (χ4n) is 1.74. The van der Waals surface area contributed by atoms with Crippen molar-refractivity contribution in [1.82, 2.24) is 19.3 Å². The van der Waals surface area contributed by atoms with Crippen LogP contribution in [0.2, 0.25) is 0 Å². The molecule has 0 amide bonds. The molecular formula is C10H15N5. The van der Waals surface area contributed by atoms with Gasteiger partial charge in [0.1, 0.15) is 5.82 Å². The highest BCUT2D eigenvalue weighted by Crippen LogP contribution is 2.21. The number of hydrogen-bond acceptors (Lipinski definition) is 3. The smallest absolute Gasteiger partial charge is 0.160 e. The number of nitrogen functional groups attached to an aromatic ring is 1. The molecule has 0 aromatic carbocycles. The first-order chi connectivity index (χ1) is 7.15. The van der Waals surface area contributed by atoms with Gasteiger partial charge in [0.15, 0.2) is 5.82 Å². The molecule has 0 aliphatic heterocycles. The molecule has 2 rings (SSSR count). The van der Waals surface area contributed by atoms with Crippen LogP contribution in [0.4, 0.5) is 5.69 Å². The van der Waals surface area contributed by atoms with Crippen LogP contribution in [0.1, 0.15) is 18.4 Å². The van der Waals surface area contributed by atoms with Crippen molar-refractivity contribution in [2.75, 3.05) is 5.73 Å². The maximum Gasteiger partial charge on any atom is 0.160 e. The molecule has 80 valence electrons. The van der Waals surface area contributed by atoms with E-state index in [0.717, 1.165) is 23.8 Å². The van der Waals surface area contributed by atoms with Gasteiger partial charge in [-0.3, -0.25) is 4.57 Å². The number of hydrogen-bond donors (Lipinski definition) is 1. The van der Waals surface area contributed by atoms with Crippen LogP contribution < -0.4 is 5.73 Å². The van der Waals surface area contributed by atoms with Gasteiger partial charge in [0.2, 0.25) is 0 Å². The summed E-state index contributed by atoms with van der Waals surface area (Å²) in [6.45, 7) is 3.97. The van der Waals surface area contributed by atoms with Gasteiger partial charge >= 0.3 is 0 Å². The Morgan fingerprint density at radius 3 is 2.73 bits per heavy atom. The van der Waals surface area contributed by atoms with E-state index in [1.807, 2.05) is 24.7 Å². The van der Waals surface area contributed by atoms with Crippen molar-refractivity contribution in [2.45, 2.75) is 20.3 Å². The summed E-state index contributed by atoms with van der Waals surface area (Å²) in [5.74, 6) is 1.88. The molecule has 5 nitrogen and oxygen atoms in total. The lowest BCUT2D eigenvalue weighted by Gasteiger charge is -2.07. The second-order valence-electron chi connectivity index (χ2n) is 3.51. The first-order valence-electron chi connectivity index (χ1n) is 4.96. The van der Waals surface area contributed by atoms with Crippen LogP contribution in [-0.4, -0.2) is 19.3 Å². The zero-order valence-electron chi connectivity index (χ0n) is 9.23. The van der Waals surface area contributed by atoms with Crippen molar-refractivity contribution in [2.24, 2.45) is 7.05 Å². The molecule has 2 N–H and O–H groups in total. The van der Waals surface area contributed by atoms with Crippen molar-refractivity contribution in [1.29, 1.82) is 0 Å². The summed E-state index contributed by atoms with van der Waals surface area (Å²) in [6.07, 6.45) is 4.56. The van der Waals surface area contributed by atoms with Gasteiger partial charge in [0.25, 0.3) is 0 Å². The zero-order valence-corrected chi connectivity index (χ0v) is 9.23. The van der Waals surface area contributed by atoms with Crippen molar-refractivity contribution in [3.05, 3.63) is 23.9 Å². The summed E-state index contributed by atoms with van der Waals surface area (Å²) in [5, 5.41) is 4.29. The second-order valence-corrected chi connectivity index (χ2v) is 3.51. The molecular weight excluding hydrogens is 190 g/mol. The normalized spacial score (nSPS) is 10.9. The minimum Gasteiger partial charge on any atom is -0.394 e. The van der Waals surface area contributed by atoms with E-state index >= 15 is 0 Å². The van der Waals surface area contributed by atoms with E-state index in [9.17, 15) is 0 Å². The van der Waals surface area contributed by atoms with Crippen LogP contribution in [0, 0.1) is 6.92 Å². The quantitative estimate of drug-likeness (QED) is 0.797. The topological polar surface area (TPSA) is 61.7 Å². The van der Waals surface area contributed by atoms with Crippen molar-refractivity contribution in [3.8, 4) is 5.82 Å². The van der Waals surface area contributed by atoms with Gasteiger partial charge in [0, 0.05) is 25.9 Å². The SMILES string of the molecule is CCc1nccn1-c1c(N)c(C)nn1C. The van der Waals surface area contributed by atoms with Gasteiger partial charge in [-0.1, -0.05) is 6.92 Å². The van der Waals surface area contributed by atoms with E-state index in [1.54, 1.807) is 10.9 Å². The van der Waals surface area contributed by atoms with Gasteiger partial charge in [-0.2, -0.15) is 5.10 Å². The average Bonchev–Trinajstić information content (AvgIpc) is 2.73. The summed E-state index contributed by atoms with van der Waals surface area (Å²) in [4.78, 5) is 4.27. The summed E-state index contributed by atoms with van der Waals surface area (Å²) in [6, 6.07) is 0. The molecule has 0 aliphatic rings. The second kappa shape index (κ2) is 3.42. The third kappa shape index (κ3) is 1.40. The molecule has 0 bridgehead atoms. The molecule has 5 heteroatoms. The molecule has 0 saturated carbocycles. The van der Waals surface area contributed by atoms with Crippen LogP contribution in [0.5, 0.6) is 0 Å². The number of rotatable bonds is 2. The predicted molar refractivity (Wildman–Crippen MR) is 58.9 cm³/mol. The maximum absolute atomic E-state index is 5.99. The molecule has 0 radical (unpaired) electrons. The van der Waals surface area contributed by atoms with E-state index in [0.29, 0.717) is 5.69 Å². The molecule has 0 atom stereocenters. The lowest BCUT2D eigenvalue weighted by molar-refractivity contribution is 0.709. The Hall–Kier alpha value is -1.78. The Morgan fingerprint density at radius 2 is 2.20 bits per heavy atom. The molecule has 0 unspecified atom stereocenters. The highest BCUT2D eigenvalue weighted by molar-refractivity contribution is 5.57. The molecule has 0 aliphatic carbocycles. The number of anilines is 1. The zero-order chi connectivity index (χ0) is 11.0. The minimum absolute atomic E-state index is 0.713. The molecule has 0 fully saturated rings. The Labute approximate surface area is 88.5 Å². The standard InChI is InChI=1S/C10H15N5/c1-4-8-12-5-6-15(8)10-9(11)7(2)13-14(10)3/h5-6H,4,11H2,1-3H3. The van der Waals surface area contributed by atoms with E-state index in [-0.39, 0.29) is 0 Å². The molecule has 2 aromatic rings. The fourth-order valence-corrected chi connectivity index (χ4v) is 1.74. The monoisotopic (exact) mass is 205 g/mol. The van der Waals surface area contributed by atoms with Crippen LogP contribution in [-0.2, 0) is 13.5 Å². The summed E-state index contributed by atoms with van der Waals surface area (Å²) in [7, 11) is 1.89. The third-order valence-electron chi connectivity index (χ3n) is 2.50. The minimum atomic E-state index is 0.713. The lowest BCUT2D eigenvalue weighted by atomic mass is 10.3. The predicted octanol–water partition coefficient (Wildman–Crippen LogP) is 1.06. The van der Waals surface area contributed by atoms with Crippen LogP contribution >= 0.6 is 0 Å². The summed E-state index contributed by atoms with van der Waals surface area (Å²) in [5.41, 5.74) is 7.55. The number of aromatic nitrogens is 4. The maximum atomic E-state index is 5.99. The summed E-state index contributed by atoms with van der Waals surface area (Å²) < 4.78 is 3.76. The van der Waals surface area contributed by atoms with E-state index in [2.05, 4.69) is 17.0 Å². The summed E-state index contributed by atoms with van der Waals surface area (Å²) >= 11 is 0. The van der Waals surface area contributed by atoms with Gasteiger partial charge in [-0.25, -0.2) is 9.67 Å². The van der Waals surface area contributed by atoms with Crippen molar-refractivity contribution < 1.29 is 0 Å². The number of nitrogens with two attached hydrogens (primary N) is 1. The number of nitrogens with zero attached hydrogens (tertiary/aromatic N) is 4. The van der Waals surface area contributed by atoms with Gasteiger partial charge < -0.3 is 5.73 Å². The van der Waals surface area contributed by atoms with Gasteiger partial charge in [-0.15, -0.1) is 0 Å². The van der Waals surface area contributed by atoms with Crippen LogP contribution in [0.3, 0.4) is 0 Å². The Kier molecular flexibility index (Phi) is 2.22. The van der Waals surface area contributed by atoms with Crippen molar-refractivity contribution >= 4 is 5.69 Å². The number of aryl methyl sites for hydroxylation is 3. The van der Waals surface area contributed by atoms with Crippen LogP contribution in [0.15, 0.2) is 12.4 Å². The van der Waals surface area contributed by atoms with Gasteiger partial charge in [0.05, 0.1) is 11.4 Å². The van der Waals surface area contributed by atoms with Crippen LogP contribution in [0.25, 0.3) is 5.82 Å². The Balaban J connectivity index is 2.63. The highest BCUT2D eigenvalue weighted by Gasteiger charge is 2.13. The average molecular weight is 205 g/mol. The Bertz CT molecular complexity index is 480. The first kappa shape index (κ1) is 9.76. The Morgan fingerprint density at radius 1 is 1.47 bits per heavy atom. The molecule has 0 spiro atoms.